The van der Waals surface area contributed by atoms with E-state index in [1.54, 1.807) is 6.92 Å². The molecular weight excluding hydrogens is 546 g/mol. The second-order valence-corrected chi connectivity index (χ2v) is 11.2. The van der Waals surface area contributed by atoms with Gasteiger partial charge in [0.15, 0.2) is 5.96 Å². The van der Waals surface area contributed by atoms with Crippen LogP contribution in [-0.4, -0.2) is 82.6 Å². The van der Waals surface area contributed by atoms with Crippen molar-refractivity contribution in [3.05, 3.63) is 12.2 Å². The maximum absolute atomic E-state index is 13.0. The lowest BCUT2D eigenvalue weighted by molar-refractivity contribution is -0.132. The summed E-state index contributed by atoms with van der Waals surface area (Å²) in [5.74, 6) is -2.98. The van der Waals surface area contributed by atoms with Crippen LogP contribution in [0.4, 0.5) is 0 Å². The van der Waals surface area contributed by atoms with E-state index in [-0.39, 0.29) is 36.5 Å². The largest absolute Gasteiger partial charge is 0.478 e. The van der Waals surface area contributed by atoms with E-state index in [9.17, 15) is 29.1 Å². The van der Waals surface area contributed by atoms with E-state index in [2.05, 4.69) is 26.3 Å². The van der Waals surface area contributed by atoms with Gasteiger partial charge in [0.2, 0.25) is 23.6 Å². The first-order valence-electron chi connectivity index (χ1n) is 14.4. The number of aliphatic hydroxyl groups excluding tert-OH is 1. The van der Waals surface area contributed by atoms with Crippen molar-refractivity contribution in [2.45, 2.75) is 110 Å². The van der Waals surface area contributed by atoms with Crippen molar-refractivity contribution in [2.75, 3.05) is 6.54 Å². The Labute approximate surface area is 248 Å². The fraction of sp³-hybridized carbons (Fsp3) is 0.714. The van der Waals surface area contributed by atoms with Crippen LogP contribution in [0.2, 0.25) is 0 Å². The minimum Gasteiger partial charge on any atom is -0.478 e. The molecule has 0 aromatic carbocycles. The van der Waals surface area contributed by atoms with Gasteiger partial charge in [-0.2, -0.15) is 0 Å². The van der Waals surface area contributed by atoms with Crippen LogP contribution in [0, 0.1) is 11.8 Å². The molecular formula is C28H51N7O7. The third-order valence-electron chi connectivity index (χ3n) is 6.14. The van der Waals surface area contributed by atoms with Crippen LogP contribution in [0.5, 0.6) is 0 Å². The highest BCUT2D eigenvalue weighted by Crippen LogP contribution is 2.13. The van der Waals surface area contributed by atoms with Gasteiger partial charge in [0.1, 0.15) is 12.1 Å². The molecule has 5 atom stereocenters. The molecule has 0 aliphatic rings. The van der Waals surface area contributed by atoms with E-state index < -0.39 is 54.0 Å². The summed E-state index contributed by atoms with van der Waals surface area (Å²) < 4.78 is 0. The monoisotopic (exact) mass is 597 g/mol. The first-order valence-corrected chi connectivity index (χ1v) is 14.4. The minimum absolute atomic E-state index is 0.0779. The fourth-order valence-electron chi connectivity index (χ4n) is 4.21. The number of aliphatic hydroxyl groups is 1. The van der Waals surface area contributed by atoms with Gasteiger partial charge in [-0.05, 0) is 43.9 Å². The third kappa shape index (κ3) is 17.9. The van der Waals surface area contributed by atoms with Crippen LogP contribution in [0.3, 0.4) is 0 Å². The van der Waals surface area contributed by atoms with Crippen LogP contribution in [0.15, 0.2) is 17.1 Å². The molecule has 0 fully saturated rings. The number of nitrogens with two attached hydrogens (primary N) is 2. The Kier molecular flexibility index (Phi) is 18.5. The SMILES string of the molecule is CC[C@H](NC(=O)C[C@H](O)[C@H](CC(C)C)NC(=O)[C@H](CC(C)C)NC(C)=O)C(=O)N[C@H](/C=C/C(=O)O)CCCN=C(N)N. The van der Waals surface area contributed by atoms with E-state index in [1.165, 1.54) is 13.0 Å². The zero-order valence-corrected chi connectivity index (χ0v) is 25.7. The summed E-state index contributed by atoms with van der Waals surface area (Å²) in [6.07, 6.45) is 2.45. The molecule has 0 aromatic rings. The first-order chi connectivity index (χ1) is 19.5. The van der Waals surface area contributed by atoms with Gasteiger partial charge >= 0.3 is 5.97 Å². The number of carboxylic acids is 1. The fourth-order valence-corrected chi connectivity index (χ4v) is 4.21. The third-order valence-corrected chi connectivity index (χ3v) is 6.14. The van der Waals surface area contributed by atoms with Crippen molar-refractivity contribution in [1.82, 2.24) is 21.3 Å². The van der Waals surface area contributed by atoms with Gasteiger partial charge in [-0.25, -0.2) is 4.79 Å². The van der Waals surface area contributed by atoms with Crippen molar-refractivity contribution in [3.8, 4) is 0 Å². The number of hydrogen-bond donors (Lipinski definition) is 8. The number of nitrogens with zero attached hydrogens (tertiary/aromatic N) is 1. The zero-order chi connectivity index (χ0) is 32.4. The maximum atomic E-state index is 13.0. The number of amides is 4. The second-order valence-electron chi connectivity index (χ2n) is 11.2. The van der Waals surface area contributed by atoms with E-state index >= 15 is 0 Å². The van der Waals surface area contributed by atoms with Crippen molar-refractivity contribution < 1.29 is 34.2 Å². The van der Waals surface area contributed by atoms with Crippen LogP contribution in [-0.2, 0) is 24.0 Å². The number of guanidine groups is 1. The highest BCUT2D eigenvalue weighted by atomic mass is 16.4. The highest BCUT2D eigenvalue weighted by Gasteiger charge is 2.30. The number of aliphatic imine (C=N–C) groups is 1. The lowest BCUT2D eigenvalue weighted by Crippen LogP contribution is -2.54. The normalized spacial score (nSPS) is 14.9. The van der Waals surface area contributed by atoms with Gasteiger partial charge in [0.25, 0.3) is 0 Å². The Morgan fingerprint density at radius 2 is 1.48 bits per heavy atom. The van der Waals surface area contributed by atoms with Crippen LogP contribution in [0.25, 0.3) is 0 Å². The molecule has 0 unspecified atom stereocenters. The number of carboxylic acid groups (broad SMARTS) is 1. The molecule has 0 bridgehead atoms. The van der Waals surface area contributed by atoms with Gasteiger partial charge in [-0.1, -0.05) is 40.7 Å². The van der Waals surface area contributed by atoms with Crippen molar-refractivity contribution in [1.29, 1.82) is 0 Å². The molecule has 0 aromatic heterocycles. The van der Waals surface area contributed by atoms with Crippen LogP contribution < -0.4 is 32.7 Å². The Morgan fingerprint density at radius 3 is 1.98 bits per heavy atom. The molecule has 0 aliphatic heterocycles. The van der Waals surface area contributed by atoms with Crippen molar-refractivity contribution in [2.24, 2.45) is 28.3 Å². The molecule has 0 aliphatic carbocycles. The van der Waals surface area contributed by atoms with Gasteiger partial charge in [-0.3, -0.25) is 24.2 Å². The van der Waals surface area contributed by atoms with Crippen LogP contribution >= 0.6 is 0 Å². The summed E-state index contributed by atoms with van der Waals surface area (Å²) in [6.45, 7) is 11.0. The summed E-state index contributed by atoms with van der Waals surface area (Å²) in [5.41, 5.74) is 10.6. The topological polar surface area (TPSA) is 238 Å². The molecule has 10 N–H and O–H groups in total. The van der Waals surface area contributed by atoms with Gasteiger partial charge in [-0.15, -0.1) is 0 Å². The lowest BCUT2D eigenvalue weighted by Gasteiger charge is -2.29. The van der Waals surface area contributed by atoms with E-state index in [0.29, 0.717) is 32.2 Å². The first kappa shape index (κ1) is 38.3. The smallest absolute Gasteiger partial charge is 0.328 e. The highest BCUT2D eigenvalue weighted by molar-refractivity contribution is 5.89. The van der Waals surface area contributed by atoms with Crippen LogP contribution in [0.1, 0.15) is 80.1 Å². The average Bonchev–Trinajstić information content (AvgIpc) is 2.86. The molecule has 4 amide bonds. The predicted octanol–water partition coefficient (Wildman–Crippen LogP) is -0.107. The van der Waals surface area contributed by atoms with Crippen molar-refractivity contribution in [3.63, 3.8) is 0 Å². The number of hydrogen-bond acceptors (Lipinski definition) is 7. The van der Waals surface area contributed by atoms with E-state index in [4.69, 9.17) is 16.6 Å². The Hall–Kier alpha value is -3.68. The van der Waals surface area contributed by atoms with E-state index in [1.807, 2.05) is 27.7 Å². The quantitative estimate of drug-likeness (QED) is 0.0404. The summed E-state index contributed by atoms with van der Waals surface area (Å²) >= 11 is 0. The molecule has 0 radical (unpaired) electrons. The molecule has 0 spiro atoms. The second kappa shape index (κ2) is 20.2. The molecule has 14 heteroatoms. The van der Waals surface area contributed by atoms with E-state index in [0.717, 1.165) is 6.08 Å². The number of carbonyl (C=O) groups excluding carboxylic acids is 4. The number of nitrogens with one attached hydrogen (secondary N) is 4. The Morgan fingerprint density at radius 1 is 0.881 bits per heavy atom. The summed E-state index contributed by atoms with van der Waals surface area (Å²) in [6, 6.07) is -3.14. The zero-order valence-electron chi connectivity index (χ0n) is 25.7. The van der Waals surface area contributed by atoms with Gasteiger partial charge < -0.3 is 42.9 Å². The maximum Gasteiger partial charge on any atom is 0.328 e. The lowest BCUT2D eigenvalue weighted by atomic mass is 9.95. The number of carbonyl (C=O) groups is 5. The van der Waals surface area contributed by atoms with Gasteiger partial charge in [0.05, 0.1) is 18.6 Å². The minimum atomic E-state index is -1.25. The number of aliphatic carboxylic acids is 1. The molecule has 14 nitrogen and oxygen atoms in total. The molecule has 0 heterocycles. The average molecular weight is 598 g/mol. The number of rotatable bonds is 20. The molecule has 240 valence electrons. The standard InChI is InChI=1S/C28H51N7O7/c1-7-20(26(41)33-19(10-11-25(39)40)9-8-12-31-28(29)30)34-24(38)15-23(37)21(13-16(2)3)35-27(42)22(14-17(4)5)32-18(6)36/h10-11,16-17,19-23,37H,7-9,12-15H2,1-6H3,(H,32,36)(H,33,41)(H,34,38)(H,35,42)(H,39,40)(H4,29,30,31)/b11-10+/t19-,20-,21-,22-,23-/m0/s1. The van der Waals surface area contributed by atoms with Gasteiger partial charge in [0, 0.05) is 25.6 Å². The molecule has 0 rings (SSSR count). The molecule has 0 saturated carbocycles. The Balaban J connectivity index is 5.41. The summed E-state index contributed by atoms with van der Waals surface area (Å²) in [7, 11) is 0. The molecule has 42 heavy (non-hydrogen) atoms. The van der Waals surface area contributed by atoms with Crippen molar-refractivity contribution >= 4 is 35.6 Å². The summed E-state index contributed by atoms with van der Waals surface area (Å²) in [5, 5.41) is 30.7. The molecule has 0 saturated heterocycles. The predicted molar refractivity (Wildman–Crippen MR) is 160 cm³/mol. The Bertz CT molecular complexity index is 949. The summed E-state index contributed by atoms with van der Waals surface area (Å²) in [4.78, 5) is 65.3.